The van der Waals surface area contributed by atoms with Gasteiger partial charge in [-0.1, -0.05) is 15.9 Å². The molecule has 5 nitrogen and oxygen atoms in total. The number of ether oxygens (including phenoxy) is 1. The van der Waals surface area contributed by atoms with E-state index in [0.29, 0.717) is 13.2 Å². The normalized spacial score (nSPS) is 30.3. The Morgan fingerprint density at radius 1 is 1.59 bits per heavy atom. The average molecular weight is 384 g/mol. The Balaban J connectivity index is 2.06. The summed E-state index contributed by atoms with van der Waals surface area (Å²) in [7, 11) is 1.38. The lowest BCUT2D eigenvalue weighted by atomic mass is 10.00. The molecule has 22 heavy (non-hydrogen) atoms. The summed E-state index contributed by atoms with van der Waals surface area (Å²) in [6.07, 6.45) is -2.12. The molecular formula is C13H17BrF3N3O2. The topological polar surface area (TPSA) is 65.4 Å². The minimum absolute atomic E-state index is 0.0620. The Bertz CT molecular complexity index is 489. The molecule has 2 N–H and O–H groups in total. The van der Waals surface area contributed by atoms with Crippen molar-refractivity contribution in [2.75, 3.05) is 20.2 Å². The highest BCUT2D eigenvalue weighted by atomic mass is 79.9. The molecule has 0 aliphatic carbocycles. The summed E-state index contributed by atoms with van der Waals surface area (Å²) in [5, 5.41) is 10.4. The zero-order valence-electron chi connectivity index (χ0n) is 11.9. The fourth-order valence-corrected chi connectivity index (χ4v) is 3.17. The maximum atomic E-state index is 12.9. The second-order valence-corrected chi connectivity index (χ2v) is 6.20. The second-order valence-electron chi connectivity index (χ2n) is 5.34. The number of carbonyl (C=O) groups excluding carboxylic acids is 1. The highest BCUT2D eigenvalue weighted by Crippen LogP contribution is 2.36. The van der Waals surface area contributed by atoms with Crippen molar-refractivity contribution in [3.8, 4) is 0 Å². The number of alkyl halides is 4. The number of rotatable bonds is 3. The summed E-state index contributed by atoms with van der Waals surface area (Å²) < 4.78 is 44.0. The van der Waals surface area contributed by atoms with Gasteiger partial charge in [-0.25, -0.2) is 0 Å². The van der Waals surface area contributed by atoms with E-state index in [1.54, 1.807) is 0 Å². The molecule has 0 aromatic carbocycles. The molecule has 3 unspecified atom stereocenters. The third-order valence-corrected chi connectivity index (χ3v) is 4.87. The second kappa shape index (κ2) is 6.67. The van der Waals surface area contributed by atoms with Gasteiger partial charge in [-0.2, -0.15) is 13.2 Å². The van der Waals surface area contributed by atoms with Gasteiger partial charge in [0, 0.05) is 13.2 Å². The van der Waals surface area contributed by atoms with E-state index < -0.39 is 28.6 Å². The predicted molar refractivity (Wildman–Crippen MR) is 78.1 cm³/mol. The molecular weight excluding hydrogens is 367 g/mol. The van der Waals surface area contributed by atoms with Crippen LogP contribution in [0.15, 0.2) is 11.6 Å². The molecule has 2 aliphatic rings. The van der Waals surface area contributed by atoms with Gasteiger partial charge in [-0.05, 0) is 26.0 Å². The van der Waals surface area contributed by atoms with Crippen molar-refractivity contribution < 1.29 is 22.7 Å². The summed E-state index contributed by atoms with van der Waals surface area (Å²) in [5.41, 5.74) is -1.27. The third-order valence-electron chi connectivity index (χ3n) is 3.73. The van der Waals surface area contributed by atoms with Gasteiger partial charge < -0.3 is 15.5 Å². The SMILES string of the molecule is CN1C(Br)C(C(F)(F)F)=CC(=N)C1C(=O)NCC1CCCO1. The lowest BCUT2D eigenvalue weighted by Gasteiger charge is -2.36. The van der Waals surface area contributed by atoms with Crippen LogP contribution < -0.4 is 5.32 Å². The van der Waals surface area contributed by atoms with Crippen molar-refractivity contribution in [1.29, 1.82) is 5.41 Å². The first-order chi connectivity index (χ1) is 10.2. The van der Waals surface area contributed by atoms with Crippen LogP contribution in [0.4, 0.5) is 13.2 Å². The van der Waals surface area contributed by atoms with Gasteiger partial charge >= 0.3 is 6.18 Å². The van der Waals surface area contributed by atoms with Crippen LogP contribution >= 0.6 is 15.9 Å². The van der Waals surface area contributed by atoms with E-state index in [1.165, 1.54) is 11.9 Å². The molecule has 0 radical (unpaired) electrons. The standard InChI is InChI=1S/C13H17BrF3N3O2/c1-20-10(12(21)19-6-7-3-2-4-22-7)9(18)5-8(11(20)14)13(15,16)17/h5,7,10-11,18H,2-4,6H2,1H3,(H,19,21). The number of likely N-dealkylation sites (N-methyl/N-ethyl adjacent to an activating group) is 1. The molecule has 1 amide bonds. The number of hydrogen-bond acceptors (Lipinski definition) is 4. The van der Waals surface area contributed by atoms with E-state index in [1.807, 2.05) is 0 Å². The van der Waals surface area contributed by atoms with E-state index in [4.69, 9.17) is 10.1 Å². The molecule has 0 spiro atoms. The maximum absolute atomic E-state index is 12.9. The summed E-state index contributed by atoms with van der Waals surface area (Å²) in [6, 6.07) is -1.06. The van der Waals surface area contributed by atoms with Gasteiger partial charge in [-0.3, -0.25) is 9.69 Å². The molecule has 1 saturated heterocycles. The van der Waals surface area contributed by atoms with E-state index in [2.05, 4.69) is 21.2 Å². The average Bonchev–Trinajstić information content (AvgIpc) is 2.92. The van der Waals surface area contributed by atoms with Crippen molar-refractivity contribution in [1.82, 2.24) is 10.2 Å². The fourth-order valence-electron chi connectivity index (χ4n) is 2.54. The van der Waals surface area contributed by atoms with Crippen LogP contribution in [-0.2, 0) is 9.53 Å². The predicted octanol–water partition coefficient (Wildman–Crippen LogP) is 1.83. The molecule has 0 aromatic rings. The maximum Gasteiger partial charge on any atom is 0.415 e. The summed E-state index contributed by atoms with van der Waals surface area (Å²) in [5.74, 6) is -0.495. The molecule has 2 aliphatic heterocycles. The molecule has 0 bridgehead atoms. The smallest absolute Gasteiger partial charge is 0.376 e. The van der Waals surface area contributed by atoms with E-state index in [-0.39, 0.29) is 11.8 Å². The first-order valence-corrected chi connectivity index (χ1v) is 7.76. The molecule has 9 heteroatoms. The van der Waals surface area contributed by atoms with E-state index in [0.717, 1.165) is 18.9 Å². The molecule has 1 fully saturated rings. The van der Waals surface area contributed by atoms with Crippen LogP contribution in [0.2, 0.25) is 0 Å². The van der Waals surface area contributed by atoms with Crippen LogP contribution in [-0.4, -0.2) is 60.0 Å². The van der Waals surface area contributed by atoms with Gasteiger partial charge in [0.1, 0.15) is 6.04 Å². The summed E-state index contributed by atoms with van der Waals surface area (Å²) in [4.78, 5) is 12.2. The first-order valence-electron chi connectivity index (χ1n) is 6.84. The number of hydrogen-bond donors (Lipinski definition) is 2. The van der Waals surface area contributed by atoms with Crippen molar-refractivity contribution in [3.63, 3.8) is 0 Å². The van der Waals surface area contributed by atoms with Crippen molar-refractivity contribution in [2.24, 2.45) is 0 Å². The quantitative estimate of drug-likeness (QED) is 0.577. The fraction of sp³-hybridized carbons (Fsp3) is 0.692. The molecule has 0 saturated carbocycles. The molecule has 2 rings (SSSR count). The van der Waals surface area contributed by atoms with Crippen molar-refractivity contribution >= 4 is 27.5 Å². The van der Waals surface area contributed by atoms with Crippen molar-refractivity contribution in [3.05, 3.63) is 11.6 Å². The summed E-state index contributed by atoms with van der Waals surface area (Å²) >= 11 is 2.95. The van der Waals surface area contributed by atoms with Gasteiger partial charge in [0.05, 0.1) is 22.3 Å². The Kier molecular flexibility index (Phi) is 5.29. The first kappa shape index (κ1) is 17.4. The van der Waals surface area contributed by atoms with Gasteiger partial charge in [0.25, 0.3) is 0 Å². The number of carbonyl (C=O) groups is 1. The zero-order chi connectivity index (χ0) is 16.5. The van der Waals surface area contributed by atoms with E-state index in [9.17, 15) is 18.0 Å². The molecule has 124 valence electrons. The highest BCUT2D eigenvalue weighted by molar-refractivity contribution is 9.09. The van der Waals surface area contributed by atoms with Crippen LogP contribution in [0.1, 0.15) is 12.8 Å². The largest absolute Gasteiger partial charge is 0.415 e. The number of nitrogens with zero attached hydrogens (tertiary/aromatic N) is 1. The lowest BCUT2D eigenvalue weighted by molar-refractivity contribution is -0.125. The van der Waals surface area contributed by atoms with Crippen LogP contribution in [0.5, 0.6) is 0 Å². The Morgan fingerprint density at radius 2 is 2.27 bits per heavy atom. The highest BCUT2D eigenvalue weighted by Gasteiger charge is 2.46. The number of nitrogens with one attached hydrogen (secondary N) is 2. The van der Waals surface area contributed by atoms with E-state index >= 15 is 0 Å². The lowest BCUT2D eigenvalue weighted by Crippen LogP contribution is -2.56. The van der Waals surface area contributed by atoms with Crippen molar-refractivity contribution in [2.45, 2.75) is 36.1 Å². The summed E-state index contributed by atoms with van der Waals surface area (Å²) in [6.45, 7) is 0.958. The Labute approximate surface area is 134 Å². The minimum atomic E-state index is -4.55. The van der Waals surface area contributed by atoms with Crippen LogP contribution in [0.25, 0.3) is 0 Å². The van der Waals surface area contributed by atoms with Crippen LogP contribution in [0, 0.1) is 5.41 Å². The van der Waals surface area contributed by atoms with Crippen LogP contribution in [0.3, 0.4) is 0 Å². The number of halogens is 4. The van der Waals surface area contributed by atoms with Gasteiger partial charge in [0.15, 0.2) is 0 Å². The monoisotopic (exact) mass is 383 g/mol. The molecule has 0 aromatic heterocycles. The molecule has 2 heterocycles. The number of amides is 1. The third kappa shape index (κ3) is 3.69. The Hall–Kier alpha value is -0.930. The molecule has 3 atom stereocenters. The minimum Gasteiger partial charge on any atom is -0.376 e. The van der Waals surface area contributed by atoms with Gasteiger partial charge in [-0.15, -0.1) is 0 Å². The zero-order valence-corrected chi connectivity index (χ0v) is 13.5. The van der Waals surface area contributed by atoms with Gasteiger partial charge in [0.2, 0.25) is 5.91 Å². The Morgan fingerprint density at radius 3 is 2.82 bits per heavy atom.